The molecule has 6 N–H and O–H groups in total. The van der Waals surface area contributed by atoms with E-state index in [0.29, 0.717) is 64.0 Å². The molecule has 5 aromatic heterocycles. The van der Waals surface area contributed by atoms with Crippen LogP contribution >= 0.6 is 0 Å². The van der Waals surface area contributed by atoms with Crippen LogP contribution in [0.2, 0.25) is 0 Å². The zero-order valence-electron chi connectivity index (χ0n) is 30.2. The number of methoxy groups -OCH3 is 1. The second-order valence-corrected chi connectivity index (χ2v) is 12.8. The number of primary amides is 2. The topological polar surface area (TPSA) is 238 Å². The van der Waals surface area contributed by atoms with Gasteiger partial charge in [0.1, 0.15) is 28.2 Å². The van der Waals surface area contributed by atoms with E-state index in [2.05, 4.69) is 35.8 Å². The van der Waals surface area contributed by atoms with Gasteiger partial charge in [-0.05, 0) is 63.9 Å². The number of hydrogen-bond acceptors (Lipinski definition) is 10. The first-order chi connectivity index (χ1) is 26.0. The minimum atomic E-state index is -0.664. The average molecular weight is 734 g/mol. The molecular formula is C36H39N13O5. The monoisotopic (exact) mass is 733 g/mol. The molecule has 5 heterocycles. The molecule has 0 bridgehead atoms. The Morgan fingerprint density at radius 2 is 1.41 bits per heavy atom. The number of imidazole rings is 2. The summed E-state index contributed by atoms with van der Waals surface area (Å²) in [5, 5.41) is 14.8. The summed E-state index contributed by atoms with van der Waals surface area (Å²) in [7, 11) is 1.47. The van der Waals surface area contributed by atoms with Gasteiger partial charge in [-0.25, -0.2) is 15.0 Å². The van der Waals surface area contributed by atoms with E-state index < -0.39 is 23.6 Å². The number of amides is 4. The molecule has 1 aliphatic carbocycles. The fraction of sp³-hybridized carbons (Fsp3) is 0.306. The van der Waals surface area contributed by atoms with Crippen molar-refractivity contribution in [3.05, 3.63) is 82.6 Å². The lowest BCUT2D eigenvalue weighted by Crippen LogP contribution is -2.20. The molecule has 18 heteroatoms. The lowest BCUT2D eigenvalue weighted by molar-refractivity contribution is 0.0991. The fourth-order valence-electron chi connectivity index (χ4n) is 6.31. The molecule has 0 spiro atoms. The van der Waals surface area contributed by atoms with Crippen LogP contribution in [0.15, 0.2) is 48.7 Å². The third kappa shape index (κ3) is 6.75. The third-order valence-corrected chi connectivity index (χ3v) is 9.13. The summed E-state index contributed by atoms with van der Waals surface area (Å²) in [5.74, 6) is -1.04. The molecule has 7 rings (SSSR count). The maximum atomic E-state index is 13.7. The van der Waals surface area contributed by atoms with Crippen LogP contribution in [0.4, 0.5) is 11.9 Å². The van der Waals surface area contributed by atoms with Crippen molar-refractivity contribution in [3.8, 4) is 5.75 Å². The van der Waals surface area contributed by atoms with E-state index in [1.807, 2.05) is 32.1 Å². The highest BCUT2D eigenvalue weighted by Crippen LogP contribution is 2.39. The number of nitrogens with two attached hydrogens (primary N) is 2. The van der Waals surface area contributed by atoms with Gasteiger partial charge in [-0.1, -0.05) is 12.2 Å². The van der Waals surface area contributed by atoms with E-state index in [9.17, 15) is 19.2 Å². The van der Waals surface area contributed by atoms with Crippen LogP contribution in [-0.4, -0.2) is 74.4 Å². The minimum Gasteiger partial charge on any atom is -0.494 e. The number of rotatable bonds is 14. The number of hydrogen-bond donors (Lipinski definition) is 4. The van der Waals surface area contributed by atoms with E-state index in [-0.39, 0.29) is 36.1 Å². The number of aromatic nitrogens is 9. The molecule has 0 atom stereocenters. The lowest BCUT2D eigenvalue weighted by Gasteiger charge is -2.11. The number of nitrogens with zero attached hydrogens (tertiary/aromatic N) is 9. The lowest BCUT2D eigenvalue weighted by atomic mass is 10.1. The maximum absolute atomic E-state index is 13.7. The summed E-state index contributed by atoms with van der Waals surface area (Å²) in [6.07, 6.45) is 7.11. The Kier molecular flexibility index (Phi) is 9.40. The summed E-state index contributed by atoms with van der Waals surface area (Å²) < 4.78 is 12.4. The van der Waals surface area contributed by atoms with Crippen LogP contribution in [0.25, 0.3) is 22.2 Å². The molecule has 4 amide bonds. The predicted molar refractivity (Wildman–Crippen MR) is 198 cm³/mol. The molecule has 1 fully saturated rings. The van der Waals surface area contributed by atoms with Crippen LogP contribution in [0.3, 0.4) is 0 Å². The molecule has 278 valence electrons. The van der Waals surface area contributed by atoms with Crippen molar-refractivity contribution in [2.24, 2.45) is 11.5 Å². The largest absolute Gasteiger partial charge is 0.494 e. The van der Waals surface area contributed by atoms with E-state index >= 15 is 0 Å². The average Bonchev–Trinajstić information content (AvgIpc) is 3.47. The normalized spacial score (nSPS) is 12.9. The quantitative estimate of drug-likeness (QED) is 0.119. The fourth-order valence-corrected chi connectivity index (χ4v) is 6.31. The zero-order valence-corrected chi connectivity index (χ0v) is 30.2. The maximum Gasteiger partial charge on any atom is 0.276 e. The van der Waals surface area contributed by atoms with Gasteiger partial charge in [0.15, 0.2) is 5.65 Å². The van der Waals surface area contributed by atoms with Crippen LogP contribution in [-0.2, 0) is 26.2 Å². The van der Waals surface area contributed by atoms with Crippen molar-refractivity contribution in [1.82, 2.24) is 43.6 Å². The number of allylic oxidation sites excluding steroid dienone is 2. The number of benzene rings is 1. The van der Waals surface area contributed by atoms with Gasteiger partial charge in [-0.2, -0.15) is 10.2 Å². The molecule has 54 heavy (non-hydrogen) atoms. The first kappa shape index (κ1) is 35.5. The summed E-state index contributed by atoms with van der Waals surface area (Å²) in [4.78, 5) is 64.9. The van der Waals surface area contributed by atoms with Crippen LogP contribution in [0.1, 0.15) is 85.7 Å². The number of carbonyl (C=O) groups excluding carboxylic acids is 4. The van der Waals surface area contributed by atoms with Gasteiger partial charge in [0.2, 0.25) is 23.7 Å². The molecule has 0 unspecified atom stereocenters. The zero-order chi connectivity index (χ0) is 38.3. The standard InChI is InChI=1S/C36H39N13O5/c1-5-48-26(13-19(3)44-48)33(52)43-36-41-25-15-22(31(38)51)18-39-32(25)47(36)12-8-7-11-46-29-24(14-21(30(37)50)16-28(29)54-4)40-35(46)42-34(53)27-17-23(20-9-10-20)45-49(27)6-2/h7-8,13-18,20H,5-6,9-12H2,1-4H3,(H2,37,50)(H2,38,51)(H,40,42,53)(H,41,43,52)/b8-7+. The number of aryl methyl sites for hydroxylation is 3. The highest BCUT2D eigenvalue weighted by Gasteiger charge is 2.29. The highest BCUT2D eigenvalue weighted by molar-refractivity contribution is 6.05. The van der Waals surface area contributed by atoms with E-state index in [4.69, 9.17) is 16.2 Å². The molecule has 1 aromatic carbocycles. The van der Waals surface area contributed by atoms with Crippen LogP contribution in [0, 0.1) is 6.92 Å². The van der Waals surface area contributed by atoms with Gasteiger partial charge in [-0.15, -0.1) is 0 Å². The van der Waals surface area contributed by atoms with Crippen LogP contribution in [0.5, 0.6) is 5.75 Å². The van der Waals surface area contributed by atoms with Gasteiger partial charge >= 0.3 is 0 Å². The number of anilines is 2. The number of fused-ring (bicyclic) bond motifs is 2. The van der Waals surface area contributed by atoms with Gasteiger partial charge in [-0.3, -0.25) is 43.7 Å². The van der Waals surface area contributed by atoms with Crippen molar-refractivity contribution in [2.45, 2.75) is 65.7 Å². The van der Waals surface area contributed by atoms with E-state index in [1.165, 1.54) is 25.4 Å². The van der Waals surface area contributed by atoms with Crippen molar-refractivity contribution >= 4 is 57.7 Å². The molecule has 1 saturated carbocycles. The van der Waals surface area contributed by atoms with Crippen molar-refractivity contribution in [2.75, 3.05) is 17.7 Å². The molecule has 0 aliphatic heterocycles. The molecule has 1 aliphatic rings. The smallest absolute Gasteiger partial charge is 0.276 e. The summed E-state index contributed by atoms with van der Waals surface area (Å²) >= 11 is 0. The van der Waals surface area contributed by atoms with E-state index in [0.717, 1.165) is 18.5 Å². The molecule has 18 nitrogen and oxygen atoms in total. The van der Waals surface area contributed by atoms with Crippen LogP contribution < -0.4 is 26.8 Å². The third-order valence-electron chi connectivity index (χ3n) is 9.13. The van der Waals surface area contributed by atoms with Gasteiger partial charge in [0, 0.05) is 43.9 Å². The Morgan fingerprint density at radius 3 is 2.04 bits per heavy atom. The Hall–Kier alpha value is -6.85. The Balaban J connectivity index is 1.22. The van der Waals surface area contributed by atoms with E-state index in [1.54, 1.807) is 37.6 Å². The Labute approximate surface area is 308 Å². The minimum absolute atomic E-state index is 0.168. The molecule has 6 aromatic rings. The summed E-state index contributed by atoms with van der Waals surface area (Å²) in [5.41, 5.74) is 15.5. The van der Waals surface area contributed by atoms with Crippen molar-refractivity contribution in [1.29, 1.82) is 0 Å². The van der Waals surface area contributed by atoms with Gasteiger partial charge < -0.3 is 20.8 Å². The number of pyridine rings is 1. The van der Waals surface area contributed by atoms with Gasteiger partial charge in [0.25, 0.3) is 11.8 Å². The van der Waals surface area contributed by atoms with Crippen molar-refractivity contribution < 1.29 is 23.9 Å². The Bertz CT molecular complexity index is 2500. The van der Waals surface area contributed by atoms with Crippen molar-refractivity contribution in [3.63, 3.8) is 0 Å². The molecule has 0 radical (unpaired) electrons. The van der Waals surface area contributed by atoms with Gasteiger partial charge in [0.05, 0.1) is 29.6 Å². The SMILES string of the molecule is CCn1nc(C)cc1C(=O)Nc1nc2cc(C(N)=O)cnc2n1C/C=C/Cn1c(NC(=O)c2cc(C3CC3)nn2CC)nc2cc(C(N)=O)cc(OC)c21. The molecule has 0 saturated heterocycles. The number of nitrogens with one attached hydrogen (secondary N) is 2. The predicted octanol–water partition coefficient (Wildman–Crippen LogP) is 3.37. The highest BCUT2D eigenvalue weighted by atomic mass is 16.5. The second kappa shape index (κ2) is 14.3. The summed E-state index contributed by atoms with van der Waals surface area (Å²) in [6, 6.07) is 8.08. The second-order valence-electron chi connectivity index (χ2n) is 12.8. The first-order valence-electron chi connectivity index (χ1n) is 17.4. The first-order valence-corrected chi connectivity index (χ1v) is 17.4. The number of carbonyl (C=O) groups is 4. The number of ether oxygens (including phenoxy) is 1. The summed E-state index contributed by atoms with van der Waals surface area (Å²) in [6.45, 7) is 7.00. The molecular weight excluding hydrogens is 694 g/mol. The Morgan fingerprint density at radius 1 is 0.815 bits per heavy atom.